The molecule has 37 heavy (non-hydrogen) atoms. The second-order valence-corrected chi connectivity index (χ2v) is 9.83. The number of nitriles is 1. The summed E-state index contributed by atoms with van der Waals surface area (Å²) in [5, 5.41) is 11.7. The maximum atomic E-state index is 15.7. The molecule has 1 N–H and O–H groups in total. The van der Waals surface area contributed by atoms with Crippen molar-refractivity contribution in [2.75, 3.05) is 31.5 Å². The molecule has 0 aliphatic carbocycles. The minimum Gasteiger partial charge on any atom is -0.444 e. The van der Waals surface area contributed by atoms with Gasteiger partial charge in [0.1, 0.15) is 11.8 Å². The molecular formula is C28H31FN4O4. The van der Waals surface area contributed by atoms with Gasteiger partial charge in [0.15, 0.2) is 0 Å². The highest BCUT2D eigenvalue weighted by molar-refractivity contribution is 5.98. The van der Waals surface area contributed by atoms with Crippen LogP contribution in [0.5, 0.6) is 0 Å². The van der Waals surface area contributed by atoms with E-state index in [1.54, 1.807) is 40.1 Å². The van der Waals surface area contributed by atoms with Crippen molar-refractivity contribution in [3.63, 3.8) is 0 Å². The Hall–Kier alpha value is -3.93. The van der Waals surface area contributed by atoms with Crippen molar-refractivity contribution in [3.05, 3.63) is 64.2 Å². The summed E-state index contributed by atoms with van der Waals surface area (Å²) in [6, 6.07) is 12.0. The van der Waals surface area contributed by atoms with Crippen molar-refractivity contribution >= 4 is 23.6 Å². The third-order valence-electron chi connectivity index (χ3n) is 7.28. The van der Waals surface area contributed by atoms with Crippen LogP contribution in [0.15, 0.2) is 36.4 Å². The minimum absolute atomic E-state index is 0.0522. The van der Waals surface area contributed by atoms with Crippen molar-refractivity contribution < 1.29 is 23.5 Å². The van der Waals surface area contributed by atoms with Gasteiger partial charge in [-0.2, -0.15) is 5.26 Å². The van der Waals surface area contributed by atoms with Gasteiger partial charge in [0, 0.05) is 57.1 Å². The summed E-state index contributed by atoms with van der Waals surface area (Å²) in [6.45, 7) is 6.57. The molecule has 2 aromatic carbocycles. The number of piperidine rings is 1. The summed E-state index contributed by atoms with van der Waals surface area (Å²) < 4.78 is 21.1. The van der Waals surface area contributed by atoms with Crippen molar-refractivity contribution in [1.29, 1.82) is 5.26 Å². The molecule has 1 atom stereocenters. The first-order valence-corrected chi connectivity index (χ1v) is 12.4. The molecule has 2 aromatic rings. The van der Waals surface area contributed by atoms with Crippen LogP contribution in [0.3, 0.4) is 0 Å². The van der Waals surface area contributed by atoms with Crippen LogP contribution in [0.25, 0.3) is 0 Å². The van der Waals surface area contributed by atoms with Gasteiger partial charge in [0.25, 0.3) is 5.91 Å². The Balaban J connectivity index is 1.41. The Morgan fingerprint density at radius 3 is 2.32 bits per heavy atom. The topological polar surface area (TPSA) is 103 Å². The maximum Gasteiger partial charge on any atom is 0.411 e. The van der Waals surface area contributed by atoms with Crippen LogP contribution < -0.4 is 5.32 Å². The molecule has 8 nitrogen and oxygen atoms in total. The van der Waals surface area contributed by atoms with E-state index in [9.17, 15) is 14.4 Å². The fourth-order valence-corrected chi connectivity index (χ4v) is 4.99. The molecule has 0 radical (unpaired) electrons. The van der Waals surface area contributed by atoms with Crippen LogP contribution in [0.4, 0.5) is 14.9 Å². The smallest absolute Gasteiger partial charge is 0.411 e. The molecule has 3 amide bonds. The molecule has 0 bridgehead atoms. The lowest BCUT2D eigenvalue weighted by Gasteiger charge is -2.37. The summed E-state index contributed by atoms with van der Waals surface area (Å²) in [4.78, 5) is 40.7. The van der Waals surface area contributed by atoms with Gasteiger partial charge in [-0.05, 0) is 48.7 Å². The van der Waals surface area contributed by atoms with Gasteiger partial charge in [-0.15, -0.1) is 0 Å². The fraction of sp³-hybridized carbons (Fsp3) is 0.429. The Bertz CT molecular complexity index is 1250. The Kier molecular flexibility index (Phi) is 7.48. The third kappa shape index (κ3) is 5.74. The van der Waals surface area contributed by atoms with E-state index < -0.39 is 11.8 Å². The van der Waals surface area contributed by atoms with Crippen LogP contribution in [-0.2, 0) is 15.2 Å². The standard InChI is InChI=1S/C28H31FN4O4/c1-18-14-19(2)25(31-27(36)37-23-8-11-33(17-23)20(3)34)15-24(18)26(35)32-12-9-28(29,10-13-32)22-6-4-21(16-30)5-7-22/h4-7,14-15,23H,8-13,17H2,1-3H3,(H,31,36)/t23-/m0/s1. The zero-order valence-electron chi connectivity index (χ0n) is 21.3. The first-order chi connectivity index (χ1) is 17.6. The highest BCUT2D eigenvalue weighted by Gasteiger charge is 2.38. The van der Waals surface area contributed by atoms with E-state index in [1.165, 1.54) is 6.92 Å². The number of carbonyl (C=O) groups excluding carboxylic acids is 3. The van der Waals surface area contributed by atoms with Crippen LogP contribution in [0, 0.1) is 25.2 Å². The summed E-state index contributed by atoms with van der Waals surface area (Å²) in [7, 11) is 0. The van der Waals surface area contributed by atoms with Crippen LogP contribution in [-0.4, -0.2) is 60.0 Å². The molecule has 4 rings (SSSR count). The molecule has 0 aromatic heterocycles. The predicted molar refractivity (Wildman–Crippen MR) is 136 cm³/mol. The van der Waals surface area contributed by atoms with E-state index in [2.05, 4.69) is 5.32 Å². The predicted octanol–water partition coefficient (Wildman–Crippen LogP) is 4.45. The largest absolute Gasteiger partial charge is 0.444 e. The van der Waals surface area contributed by atoms with E-state index in [0.717, 1.165) is 11.1 Å². The minimum atomic E-state index is -1.55. The molecule has 2 heterocycles. The fourth-order valence-electron chi connectivity index (χ4n) is 4.99. The lowest BCUT2D eigenvalue weighted by Crippen LogP contribution is -2.43. The number of anilines is 1. The van der Waals surface area contributed by atoms with Gasteiger partial charge in [-0.25, -0.2) is 9.18 Å². The third-order valence-corrected chi connectivity index (χ3v) is 7.28. The molecule has 2 fully saturated rings. The average molecular weight is 507 g/mol. The highest BCUT2D eigenvalue weighted by Crippen LogP contribution is 2.37. The van der Waals surface area contributed by atoms with Gasteiger partial charge < -0.3 is 14.5 Å². The van der Waals surface area contributed by atoms with Crippen LogP contribution in [0.1, 0.15) is 58.8 Å². The number of ether oxygens (including phenoxy) is 1. The van der Waals surface area contributed by atoms with E-state index in [4.69, 9.17) is 10.00 Å². The number of rotatable bonds is 4. The zero-order valence-corrected chi connectivity index (χ0v) is 21.3. The monoisotopic (exact) mass is 506 g/mol. The molecule has 2 aliphatic rings. The molecule has 0 spiro atoms. The van der Waals surface area contributed by atoms with Crippen molar-refractivity contribution in [1.82, 2.24) is 9.80 Å². The molecule has 194 valence electrons. The molecule has 0 saturated carbocycles. The van der Waals surface area contributed by atoms with Crippen LogP contribution >= 0.6 is 0 Å². The van der Waals surface area contributed by atoms with Crippen molar-refractivity contribution in [3.8, 4) is 6.07 Å². The van der Waals surface area contributed by atoms with Crippen molar-refractivity contribution in [2.24, 2.45) is 0 Å². The number of carbonyl (C=O) groups is 3. The number of hydrogen-bond donors (Lipinski definition) is 1. The van der Waals surface area contributed by atoms with E-state index in [1.807, 2.05) is 26.0 Å². The number of nitrogens with one attached hydrogen (secondary N) is 1. The first-order valence-electron chi connectivity index (χ1n) is 12.4. The van der Waals surface area contributed by atoms with Gasteiger partial charge >= 0.3 is 6.09 Å². The normalized spacial score (nSPS) is 18.7. The quantitative estimate of drug-likeness (QED) is 0.660. The Labute approximate surface area is 216 Å². The number of aryl methyl sites for hydroxylation is 2. The van der Waals surface area contributed by atoms with Gasteiger partial charge in [-0.1, -0.05) is 18.2 Å². The summed E-state index contributed by atoms with van der Waals surface area (Å²) in [5.74, 6) is -0.271. The summed E-state index contributed by atoms with van der Waals surface area (Å²) >= 11 is 0. The molecule has 9 heteroatoms. The molecule has 2 saturated heterocycles. The molecule has 2 aliphatic heterocycles. The zero-order chi connectivity index (χ0) is 26.7. The number of hydrogen-bond acceptors (Lipinski definition) is 5. The summed E-state index contributed by atoms with van der Waals surface area (Å²) in [6.07, 6.45) is -0.112. The lowest BCUT2D eigenvalue weighted by molar-refractivity contribution is -0.128. The first kappa shape index (κ1) is 26.1. The van der Waals surface area contributed by atoms with E-state index >= 15 is 4.39 Å². The average Bonchev–Trinajstić information content (AvgIpc) is 3.34. The van der Waals surface area contributed by atoms with Crippen molar-refractivity contribution in [2.45, 2.75) is 51.8 Å². The number of likely N-dealkylation sites (tertiary alicyclic amines) is 2. The summed E-state index contributed by atoms with van der Waals surface area (Å²) in [5.41, 5.74) is 1.89. The van der Waals surface area contributed by atoms with Gasteiger partial charge in [-0.3, -0.25) is 14.9 Å². The number of nitrogens with zero attached hydrogens (tertiary/aromatic N) is 3. The second kappa shape index (κ2) is 10.6. The molecule has 0 unspecified atom stereocenters. The second-order valence-electron chi connectivity index (χ2n) is 9.83. The van der Waals surface area contributed by atoms with E-state index in [0.29, 0.717) is 41.9 Å². The van der Waals surface area contributed by atoms with Crippen LogP contribution in [0.2, 0.25) is 0 Å². The SMILES string of the molecule is CC(=O)N1CC[C@H](OC(=O)Nc2cc(C(=O)N3CCC(F)(c4ccc(C#N)cc4)CC3)c(C)cc2C)C1. The van der Waals surface area contributed by atoms with Gasteiger partial charge in [0.2, 0.25) is 5.91 Å². The number of halogens is 1. The van der Waals surface area contributed by atoms with Gasteiger partial charge in [0.05, 0.1) is 18.2 Å². The Morgan fingerprint density at radius 2 is 1.73 bits per heavy atom. The maximum absolute atomic E-state index is 15.7. The number of benzene rings is 2. The number of amides is 3. The number of alkyl halides is 1. The van der Waals surface area contributed by atoms with E-state index in [-0.39, 0.29) is 43.8 Å². The molecular weight excluding hydrogens is 475 g/mol. The highest BCUT2D eigenvalue weighted by atomic mass is 19.1. The Morgan fingerprint density at radius 1 is 1.05 bits per heavy atom. The lowest BCUT2D eigenvalue weighted by atomic mass is 9.85.